The maximum absolute atomic E-state index is 12.1. The maximum Gasteiger partial charge on any atom is 0.286 e. The molecule has 1 aromatic carbocycles. The van der Waals surface area contributed by atoms with E-state index in [4.69, 9.17) is 9.47 Å². The van der Waals surface area contributed by atoms with Crippen molar-refractivity contribution in [3.8, 4) is 11.5 Å². The normalized spacial score (nSPS) is 19.9. The average molecular weight is 350 g/mol. The molecular weight excluding hydrogens is 332 g/mol. The van der Waals surface area contributed by atoms with E-state index in [0.717, 1.165) is 35.3 Å². The maximum atomic E-state index is 12.1. The number of amides is 1. The monoisotopic (exact) mass is 350 g/mol. The molecule has 0 spiro atoms. The number of hydrogen-bond donors (Lipinski definition) is 0. The number of benzene rings is 1. The highest BCUT2D eigenvalue weighted by Gasteiger charge is 2.27. The molecule has 0 atom stereocenters. The van der Waals surface area contributed by atoms with E-state index in [2.05, 4.69) is 9.89 Å². The average Bonchev–Trinajstić information content (AvgIpc) is 2.96. The van der Waals surface area contributed by atoms with Gasteiger partial charge in [-0.25, -0.2) is 0 Å². The van der Waals surface area contributed by atoms with E-state index in [1.54, 1.807) is 14.2 Å². The fourth-order valence-electron chi connectivity index (χ4n) is 2.38. The van der Waals surface area contributed by atoms with Crippen LogP contribution in [-0.4, -0.2) is 54.8 Å². The molecule has 1 saturated heterocycles. The Morgan fingerprint density at radius 2 is 1.91 bits per heavy atom. The number of rotatable bonds is 3. The lowest BCUT2D eigenvalue weighted by atomic mass is 10.2. The number of hydrogen-bond acceptors (Lipinski definition) is 6. The molecular formula is C16H18N2O3S2. The van der Waals surface area contributed by atoms with Crippen LogP contribution in [0, 0.1) is 0 Å². The highest BCUT2D eigenvalue weighted by atomic mass is 32.2. The Labute approximate surface area is 144 Å². The van der Waals surface area contributed by atoms with Crippen LogP contribution in [0.15, 0.2) is 28.1 Å². The summed E-state index contributed by atoms with van der Waals surface area (Å²) in [4.78, 5) is 19.2. The molecule has 7 heteroatoms. The van der Waals surface area contributed by atoms with Gasteiger partial charge in [-0.1, -0.05) is 6.07 Å². The van der Waals surface area contributed by atoms with Crippen molar-refractivity contribution in [2.24, 2.45) is 4.99 Å². The molecule has 0 aromatic heterocycles. The Bertz CT molecular complexity index is 667. The first kappa shape index (κ1) is 16.3. The van der Waals surface area contributed by atoms with Gasteiger partial charge in [0.15, 0.2) is 16.7 Å². The first-order valence-corrected chi connectivity index (χ1v) is 9.25. The number of ether oxygens (including phenoxy) is 2. The first-order chi connectivity index (χ1) is 11.2. The van der Waals surface area contributed by atoms with Crippen LogP contribution in [0.5, 0.6) is 11.5 Å². The van der Waals surface area contributed by atoms with Gasteiger partial charge in [0, 0.05) is 24.6 Å². The third-order valence-electron chi connectivity index (χ3n) is 3.60. The molecule has 0 saturated carbocycles. The van der Waals surface area contributed by atoms with Crippen LogP contribution in [0.3, 0.4) is 0 Å². The van der Waals surface area contributed by atoms with Crippen LogP contribution in [0.4, 0.5) is 0 Å². The van der Waals surface area contributed by atoms with Crippen LogP contribution in [0.2, 0.25) is 0 Å². The van der Waals surface area contributed by atoms with Gasteiger partial charge in [0.25, 0.3) is 5.91 Å². The Morgan fingerprint density at radius 3 is 2.61 bits per heavy atom. The summed E-state index contributed by atoms with van der Waals surface area (Å²) in [6.45, 7) is 1.90. The second-order valence-corrected chi connectivity index (χ2v) is 7.26. The summed E-state index contributed by atoms with van der Waals surface area (Å²) in [5, 5.41) is 0.821. The van der Waals surface area contributed by atoms with Gasteiger partial charge in [-0.05, 0) is 35.5 Å². The van der Waals surface area contributed by atoms with Crippen molar-refractivity contribution in [1.29, 1.82) is 0 Å². The van der Waals surface area contributed by atoms with Crippen LogP contribution < -0.4 is 9.47 Å². The van der Waals surface area contributed by atoms with Gasteiger partial charge in [0.05, 0.1) is 19.1 Å². The fourth-order valence-corrected chi connectivity index (χ4v) is 4.25. The molecule has 23 heavy (non-hydrogen) atoms. The molecule has 5 nitrogen and oxygen atoms in total. The van der Waals surface area contributed by atoms with E-state index in [0.29, 0.717) is 16.4 Å². The van der Waals surface area contributed by atoms with Gasteiger partial charge in [0.1, 0.15) is 0 Å². The van der Waals surface area contributed by atoms with Crippen LogP contribution >= 0.6 is 23.5 Å². The standard InChI is InChI=1S/C16H18N2O3S2/c1-20-12-4-3-11(9-13(12)21-2)10-14-15(19)17-16(23-14)18-5-7-22-8-6-18/h3-4,9-10H,5-8H2,1-2H3/b14-10+. The second kappa shape index (κ2) is 7.31. The van der Waals surface area contributed by atoms with Gasteiger partial charge in [0.2, 0.25) is 0 Å². The minimum atomic E-state index is -0.169. The zero-order valence-corrected chi connectivity index (χ0v) is 14.7. The number of nitrogens with zero attached hydrogens (tertiary/aromatic N) is 2. The van der Waals surface area contributed by atoms with Crippen molar-refractivity contribution >= 4 is 40.7 Å². The molecule has 2 aliphatic heterocycles. The number of methoxy groups -OCH3 is 2. The predicted molar refractivity (Wildman–Crippen MR) is 96.5 cm³/mol. The molecule has 0 N–H and O–H groups in total. The predicted octanol–water partition coefficient (Wildman–Crippen LogP) is 2.72. The van der Waals surface area contributed by atoms with E-state index < -0.39 is 0 Å². The quantitative estimate of drug-likeness (QED) is 0.782. The number of carbonyl (C=O) groups is 1. The van der Waals surface area contributed by atoms with Crippen LogP contribution in [0.25, 0.3) is 6.08 Å². The van der Waals surface area contributed by atoms with Crippen LogP contribution in [0.1, 0.15) is 5.56 Å². The van der Waals surface area contributed by atoms with Crippen molar-refractivity contribution in [3.05, 3.63) is 28.7 Å². The van der Waals surface area contributed by atoms with E-state index in [9.17, 15) is 4.79 Å². The van der Waals surface area contributed by atoms with Crippen LogP contribution in [-0.2, 0) is 4.79 Å². The summed E-state index contributed by atoms with van der Waals surface area (Å²) in [6.07, 6.45) is 1.85. The zero-order chi connectivity index (χ0) is 16.2. The van der Waals surface area contributed by atoms with E-state index in [1.165, 1.54) is 11.8 Å². The van der Waals surface area contributed by atoms with E-state index >= 15 is 0 Å². The third kappa shape index (κ3) is 3.67. The number of carbonyl (C=O) groups excluding carboxylic acids is 1. The molecule has 0 unspecified atom stereocenters. The molecule has 3 rings (SSSR count). The summed E-state index contributed by atoms with van der Waals surface area (Å²) in [5.41, 5.74) is 0.893. The van der Waals surface area contributed by atoms with Crippen molar-refractivity contribution in [1.82, 2.24) is 4.90 Å². The molecule has 0 aliphatic carbocycles. The lowest BCUT2D eigenvalue weighted by Crippen LogP contribution is -2.35. The molecule has 1 aromatic rings. The topological polar surface area (TPSA) is 51.1 Å². The zero-order valence-electron chi connectivity index (χ0n) is 13.1. The van der Waals surface area contributed by atoms with Gasteiger partial charge >= 0.3 is 0 Å². The molecule has 2 heterocycles. The summed E-state index contributed by atoms with van der Waals surface area (Å²) in [5.74, 6) is 3.32. The minimum absolute atomic E-state index is 0.169. The first-order valence-electron chi connectivity index (χ1n) is 7.28. The summed E-state index contributed by atoms with van der Waals surface area (Å²) < 4.78 is 10.5. The smallest absolute Gasteiger partial charge is 0.286 e. The highest BCUT2D eigenvalue weighted by Crippen LogP contribution is 2.33. The van der Waals surface area contributed by atoms with Crippen molar-refractivity contribution in [3.63, 3.8) is 0 Å². The highest BCUT2D eigenvalue weighted by molar-refractivity contribution is 8.18. The summed E-state index contributed by atoms with van der Waals surface area (Å²) in [6, 6.07) is 5.59. The molecule has 0 bridgehead atoms. The summed E-state index contributed by atoms with van der Waals surface area (Å²) >= 11 is 3.39. The largest absolute Gasteiger partial charge is 0.493 e. The Balaban J connectivity index is 1.77. The minimum Gasteiger partial charge on any atom is -0.493 e. The van der Waals surface area contributed by atoms with Crippen molar-refractivity contribution in [2.45, 2.75) is 0 Å². The molecule has 1 amide bonds. The molecule has 0 radical (unpaired) electrons. The van der Waals surface area contributed by atoms with E-state index in [-0.39, 0.29) is 5.91 Å². The Morgan fingerprint density at radius 1 is 1.17 bits per heavy atom. The van der Waals surface area contributed by atoms with Crippen molar-refractivity contribution < 1.29 is 14.3 Å². The van der Waals surface area contributed by atoms with Gasteiger partial charge < -0.3 is 14.4 Å². The Kier molecular flexibility index (Phi) is 5.17. The number of thioether (sulfide) groups is 2. The molecule has 122 valence electrons. The number of aliphatic imine (C=N–C) groups is 1. The molecule has 1 fully saturated rings. The van der Waals surface area contributed by atoms with Gasteiger partial charge in [-0.2, -0.15) is 16.8 Å². The second-order valence-electron chi connectivity index (χ2n) is 5.02. The Hall–Kier alpha value is -1.60. The summed E-state index contributed by atoms with van der Waals surface area (Å²) in [7, 11) is 3.20. The lowest BCUT2D eigenvalue weighted by Gasteiger charge is -2.26. The molecule has 2 aliphatic rings. The van der Waals surface area contributed by atoms with Gasteiger partial charge in [-0.15, -0.1) is 0 Å². The third-order valence-corrected chi connectivity index (χ3v) is 5.58. The number of amidine groups is 1. The lowest BCUT2D eigenvalue weighted by molar-refractivity contribution is -0.113. The van der Waals surface area contributed by atoms with E-state index in [1.807, 2.05) is 36.0 Å². The van der Waals surface area contributed by atoms with Gasteiger partial charge in [-0.3, -0.25) is 4.79 Å². The van der Waals surface area contributed by atoms with Crippen molar-refractivity contribution in [2.75, 3.05) is 38.8 Å². The fraction of sp³-hybridized carbons (Fsp3) is 0.375. The SMILES string of the molecule is COc1ccc(/C=C2/SC(N3CCSCC3)=NC2=O)cc1OC.